The van der Waals surface area contributed by atoms with Crippen molar-refractivity contribution in [3.05, 3.63) is 0 Å². The number of nitrogens with zero attached hydrogens (tertiary/aromatic N) is 1. The number of unbranched alkanes of at least 4 members (excludes halogenated alkanes) is 1. The molecule has 0 aliphatic carbocycles. The van der Waals surface area contributed by atoms with Crippen molar-refractivity contribution in [2.45, 2.75) is 32.7 Å². The molecule has 0 aromatic heterocycles. The van der Waals surface area contributed by atoms with Crippen LogP contribution >= 0.6 is 11.8 Å². The van der Waals surface area contributed by atoms with E-state index in [1.807, 2.05) is 11.8 Å². The maximum absolute atomic E-state index is 8.64. The van der Waals surface area contributed by atoms with Crippen LogP contribution in [0, 0.1) is 0 Å². The lowest BCUT2D eigenvalue weighted by molar-refractivity contribution is 0.243. The van der Waals surface area contributed by atoms with Gasteiger partial charge in [-0.1, -0.05) is 6.92 Å². The normalized spacial score (nSPS) is 13.6. The van der Waals surface area contributed by atoms with E-state index >= 15 is 0 Å². The van der Waals surface area contributed by atoms with E-state index in [0.717, 1.165) is 19.4 Å². The summed E-state index contributed by atoms with van der Waals surface area (Å²) in [5.41, 5.74) is 0. The lowest BCUT2D eigenvalue weighted by Gasteiger charge is -2.24. The largest absolute Gasteiger partial charge is 0.396 e. The van der Waals surface area contributed by atoms with Gasteiger partial charge in [0.1, 0.15) is 0 Å². The van der Waals surface area contributed by atoms with Crippen molar-refractivity contribution in [3.63, 3.8) is 0 Å². The molecule has 0 fully saturated rings. The molecule has 0 saturated heterocycles. The predicted octanol–water partition coefficient (Wildman–Crippen LogP) is 1.83. The second kappa shape index (κ2) is 8.85. The van der Waals surface area contributed by atoms with Crippen molar-refractivity contribution in [1.29, 1.82) is 0 Å². The van der Waals surface area contributed by atoms with Crippen molar-refractivity contribution in [1.82, 2.24) is 4.90 Å². The maximum Gasteiger partial charge on any atom is 0.0431 e. The first-order valence-electron chi connectivity index (χ1n) is 5.11. The quantitative estimate of drug-likeness (QED) is 0.612. The van der Waals surface area contributed by atoms with Gasteiger partial charge in [-0.15, -0.1) is 0 Å². The number of aliphatic hydroxyl groups is 1. The van der Waals surface area contributed by atoms with Gasteiger partial charge in [-0.3, -0.25) is 0 Å². The van der Waals surface area contributed by atoms with Crippen LogP contribution in [0.25, 0.3) is 0 Å². The second-order valence-corrected chi connectivity index (χ2v) is 4.74. The Morgan fingerprint density at radius 2 is 2.08 bits per heavy atom. The lowest BCUT2D eigenvalue weighted by Crippen LogP contribution is -2.32. The molecule has 0 heterocycles. The van der Waals surface area contributed by atoms with Crippen molar-refractivity contribution in [2.24, 2.45) is 0 Å². The van der Waals surface area contributed by atoms with E-state index in [1.54, 1.807) is 0 Å². The number of thioether (sulfide) groups is 1. The van der Waals surface area contributed by atoms with E-state index in [0.29, 0.717) is 12.6 Å². The van der Waals surface area contributed by atoms with E-state index in [1.165, 1.54) is 11.5 Å². The van der Waals surface area contributed by atoms with Gasteiger partial charge in [-0.25, -0.2) is 0 Å². The zero-order valence-corrected chi connectivity index (χ0v) is 9.94. The fraction of sp³-hybridized carbons (Fsp3) is 1.00. The molecule has 0 spiro atoms. The number of aliphatic hydroxyl groups excluding tert-OH is 1. The molecule has 0 aliphatic rings. The fourth-order valence-electron chi connectivity index (χ4n) is 1.11. The molecule has 0 radical (unpaired) electrons. The molecule has 2 nitrogen and oxygen atoms in total. The highest BCUT2D eigenvalue weighted by atomic mass is 32.2. The van der Waals surface area contributed by atoms with Crippen LogP contribution in [0.4, 0.5) is 0 Å². The zero-order chi connectivity index (χ0) is 10.1. The summed E-state index contributed by atoms with van der Waals surface area (Å²) in [5.74, 6) is 2.42. The minimum absolute atomic E-state index is 0.325. The van der Waals surface area contributed by atoms with E-state index in [-0.39, 0.29) is 0 Å². The average molecular weight is 205 g/mol. The maximum atomic E-state index is 8.64. The minimum atomic E-state index is 0.325. The Balaban J connectivity index is 3.38. The molecule has 0 saturated carbocycles. The van der Waals surface area contributed by atoms with E-state index < -0.39 is 0 Å². The summed E-state index contributed by atoms with van der Waals surface area (Å²) in [6.07, 6.45) is 2.03. The molecule has 0 aliphatic heterocycles. The van der Waals surface area contributed by atoms with Gasteiger partial charge in [-0.05, 0) is 39.1 Å². The molecule has 13 heavy (non-hydrogen) atoms. The van der Waals surface area contributed by atoms with Crippen LogP contribution in [0.5, 0.6) is 0 Å². The first-order valence-corrected chi connectivity index (χ1v) is 6.26. The summed E-state index contributed by atoms with van der Waals surface area (Å²) >= 11 is 1.99. The molecule has 1 atom stereocenters. The van der Waals surface area contributed by atoms with Crippen LogP contribution in [0.15, 0.2) is 0 Å². The third-order valence-electron chi connectivity index (χ3n) is 2.23. The first kappa shape index (κ1) is 13.3. The van der Waals surface area contributed by atoms with Gasteiger partial charge in [0, 0.05) is 18.4 Å². The van der Waals surface area contributed by atoms with Crippen LogP contribution in [0.1, 0.15) is 26.7 Å². The van der Waals surface area contributed by atoms with Gasteiger partial charge in [0.25, 0.3) is 0 Å². The summed E-state index contributed by atoms with van der Waals surface area (Å²) in [7, 11) is 2.16. The van der Waals surface area contributed by atoms with Gasteiger partial charge in [-0.2, -0.15) is 11.8 Å². The standard InChI is InChI=1S/C10H23NOS/c1-4-13-9-10(2)11(3)7-5-6-8-12/h10,12H,4-9H2,1-3H3. The van der Waals surface area contributed by atoms with E-state index in [4.69, 9.17) is 5.11 Å². The fourth-order valence-corrected chi connectivity index (χ4v) is 1.94. The molecule has 1 unspecified atom stereocenters. The van der Waals surface area contributed by atoms with Crippen LogP contribution in [0.2, 0.25) is 0 Å². The summed E-state index contributed by atoms with van der Waals surface area (Å²) in [5, 5.41) is 8.64. The Morgan fingerprint density at radius 1 is 1.38 bits per heavy atom. The Labute approximate surface area is 86.7 Å². The molecule has 0 aromatic carbocycles. The molecule has 0 amide bonds. The highest BCUT2D eigenvalue weighted by molar-refractivity contribution is 7.99. The topological polar surface area (TPSA) is 23.5 Å². The Kier molecular flexibility index (Phi) is 9.03. The molecule has 0 rings (SSSR count). The molecule has 1 N–H and O–H groups in total. The van der Waals surface area contributed by atoms with Gasteiger partial charge in [0.15, 0.2) is 0 Å². The molecular formula is C10H23NOS. The smallest absolute Gasteiger partial charge is 0.0431 e. The Morgan fingerprint density at radius 3 is 2.62 bits per heavy atom. The average Bonchev–Trinajstić information content (AvgIpc) is 2.14. The van der Waals surface area contributed by atoms with Crippen LogP contribution < -0.4 is 0 Å². The van der Waals surface area contributed by atoms with E-state index in [2.05, 4.69) is 25.8 Å². The number of rotatable bonds is 8. The van der Waals surface area contributed by atoms with Crippen LogP contribution in [0.3, 0.4) is 0 Å². The van der Waals surface area contributed by atoms with Crippen LogP contribution in [-0.4, -0.2) is 47.8 Å². The van der Waals surface area contributed by atoms with Crippen LogP contribution in [-0.2, 0) is 0 Å². The highest BCUT2D eigenvalue weighted by Crippen LogP contribution is 2.07. The second-order valence-electron chi connectivity index (χ2n) is 3.42. The summed E-state index contributed by atoms with van der Waals surface area (Å²) in [6, 6.07) is 0.656. The highest BCUT2D eigenvalue weighted by Gasteiger charge is 2.07. The molecule has 80 valence electrons. The summed E-state index contributed by atoms with van der Waals surface area (Å²) in [4.78, 5) is 2.37. The summed E-state index contributed by atoms with van der Waals surface area (Å²) in [6.45, 7) is 5.89. The number of hydrogen-bond donors (Lipinski definition) is 1. The van der Waals surface area contributed by atoms with Gasteiger partial charge < -0.3 is 10.0 Å². The SMILES string of the molecule is CCSCC(C)N(C)CCCCO. The molecule has 0 aromatic rings. The molecule has 3 heteroatoms. The lowest BCUT2D eigenvalue weighted by atomic mass is 10.2. The van der Waals surface area contributed by atoms with Crippen molar-refractivity contribution < 1.29 is 5.11 Å². The van der Waals surface area contributed by atoms with Gasteiger partial charge in [0.05, 0.1) is 0 Å². The third kappa shape index (κ3) is 7.35. The third-order valence-corrected chi connectivity index (χ3v) is 3.36. The van der Waals surface area contributed by atoms with E-state index in [9.17, 15) is 0 Å². The van der Waals surface area contributed by atoms with Gasteiger partial charge in [0.2, 0.25) is 0 Å². The molecule has 0 bridgehead atoms. The predicted molar refractivity (Wildman–Crippen MR) is 61.4 cm³/mol. The minimum Gasteiger partial charge on any atom is -0.396 e. The Hall–Kier alpha value is 0.270. The summed E-state index contributed by atoms with van der Waals surface area (Å²) < 4.78 is 0. The first-order chi connectivity index (χ1) is 6.22. The number of hydrogen-bond acceptors (Lipinski definition) is 3. The Bertz CT molecular complexity index is 111. The molecular weight excluding hydrogens is 182 g/mol. The van der Waals surface area contributed by atoms with Crippen molar-refractivity contribution in [2.75, 3.05) is 31.7 Å². The monoisotopic (exact) mass is 205 g/mol. The van der Waals surface area contributed by atoms with Crippen molar-refractivity contribution in [3.8, 4) is 0 Å². The van der Waals surface area contributed by atoms with Crippen molar-refractivity contribution >= 4 is 11.8 Å². The zero-order valence-electron chi connectivity index (χ0n) is 9.12. The van der Waals surface area contributed by atoms with Gasteiger partial charge >= 0.3 is 0 Å².